The summed E-state index contributed by atoms with van der Waals surface area (Å²) in [7, 11) is 1.91. The molecule has 0 bridgehead atoms. The lowest BCUT2D eigenvalue weighted by Crippen LogP contribution is -2.38. The molecule has 3 aromatic heterocycles. The number of urea groups is 1. The Morgan fingerprint density at radius 2 is 2.24 bits per heavy atom. The number of likely N-dealkylation sites (tertiary alicyclic amines) is 1. The van der Waals surface area contributed by atoms with Gasteiger partial charge in [-0.15, -0.1) is 0 Å². The van der Waals surface area contributed by atoms with E-state index in [1.807, 2.05) is 41.0 Å². The van der Waals surface area contributed by atoms with Gasteiger partial charge in [0, 0.05) is 44.6 Å². The average molecular weight is 359 g/mol. The lowest BCUT2D eigenvalue weighted by molar-refractivity contribution is 0.207. The van der Waals surface area contributed by atoms with E-state index in [0.29, 0.717) is 17.5 Å². The minimum atomic E-state index is -0.0542. The highest BCUT2D eigenvalue weighted by molar-refractivity contribution is 6.30. The van der Waals surface area contributed by atoms with Gasteiger partial charge in [0.2, 0.25) is 0 Å². The molecule has 1 N–H and O–H groups in total. The zero-order chi connectivity index (χ0) is 17.4. The number of fused-ring (bicyclic) bond motifs is 1. The van der Waals surface area contributed by atoms with E-state index in [2.05, 4.69) is 15.4 Å². The van der Waals surface area contributed by atoms with Crippen molar-refractivity contribution in [1.82, 2.24) is 29.4 Å². The Hall–Kier alpha value is -2.54. The summed E-state index contributed by atoms with van der Waals surface area (Å²) < 4.78 is 3.66. The summed E-state index contributed by atoms with van der Waals surface area (Å²) in [6.45, 7) is 1.87. The fourth-order valence-corrected chi connectivity index (χ4v) is 3.42. The number of carbonyl (C=O) groups excluding carboxylic acids is 1. The van der Waals surface area contributed by atoms with Crippen LogP contribution in [0.5, 0.6) is 0 Å². The molecule has 0 saturated carbocycles. The van der Waals surface area contributed by atoms with E-state index in [9.17, 15) is 4.79 Å². The number of nitrogens with zero attached hydrogens (tertiary/aromatic N) is 5. The Bertz CT molecular complexity index is 917. The first-order valence-electron chi connectivity index (χ1n) is 8.23. The van der Waals surface area contributed by atoms with Crippen LogP contribution < -0.4 is 5.32 Å². The van der Waals surface area contributed by atoms with Crippen LogP contribution in [0.4, 0.5) is 4.79 Å². The van der Waals surface area contributed by atoms with Gasteiger partial charge < -0.3 is 14.6 Å². The molecule has 0 aliphatic carbocycles. The summed E-state index contributed by atoms with van der Waals surface area (Å²) in [4.78, 5) is 18.7. The topological polar surface area (TPSA) is 67.5 Å². The van der Waals surface area contributed by atoms with Crippen LogP contribution in [0.1, 0.15) is 23.6 Å². The molecule has 0 radical (unpaired) electrons. The minimum Gasteiger partial charge on any atom is -0.332 e. The fourth-order valence-electron chi connectivity index (χ4n) is 3.25. The predicted octanol–water partition coefficient (Wildman–Crippen LogP) is 2.42. The monoisotopic (exact) mass is 358 g/mol. The molecule has 2 amide bonds. The number of hydrogen-bond acceptors (Lipinski definition) is 3. The third-order valence-electron chi connectivity index (χ3n) is 4.56. The van der Waals surface area contributed by atoms with Crippen molar-refractivity contribution in [3.05, 3.63) is 53.2 Å². The first-order chi connectivity index (χ1) is 12.1. The molecule has 7 nitrogen and oxygen atoms in total. The van der Waals surface area contributed by atoms with Gasteiger partial charge in [-0.25, -0.2) is 9.78 Å². The summed E-state index contributed by atoms with van der Waals surface area (Å²) >= 11 is 5.98. The van der Waals surface area contributed by atoms with E-state index < -0.39 is 0 Å². The molecule has 1 unspecified atom stereocenters. The van der Waals surface area contributed by atoms with Gasteiger partial charge in [-0.1, -0.05) is 11.6 Å². The number of carbonyl (C=O) groups is 1. The quantitative estimate of drug-likeness (QED) is 0.781. The second-order valence-electron chi connectivity index (χ2n) is 6.38. The first kappa shape index (κ1) is 16.0. The molecule has 1 aliphatic rings. The second-order valence-corrected chi connectivity index (χ2v) is 6.82. The number of nitrogens with one attached hydrogen (secondary N) is 1. The molecule has 4 heterocycles. The number of aryl methyl sites for hydroxylation is 1. The molecule has 1 fully saturated rings. The molecule has 1 saturated heterocycles. The fraction of sp³-hybridized carbons (Fsp3) is 0.353. The molecule has 25 heavy (non-hydrogen) atoms. The van der Waals surface area contributed by atoms with Gasteiger partial charge in [0.05, 0.1) is 23.5 Å². The van der Waals surface area contributed by atoms with Crippen molar-refractivity contribution < 1.29 is 4.79 Å². The SMILES string of the molecule is Cn1cc(C2CCN(C(=O)NCc3cn4cc(Cl)ccc4n3)C2)cn1. The third-order valence-corrected chi connectivity index (χ3v) is 4.78. The molecule has 130 valence electrons. The highest BCUT2D eigenvalue weighted by atomic mass is 35.5. The van der Waals surface area contributed by atoms with Crippen LogP contribution >= 0.6 is 11.6 Å². The number of halogens is 1. The van der Waals surface area contributed by atoms with E-state index >= 15 is 0 Å². The van der Waals surface area contributed by atoms with Crippen molar-refractivity contribution in [3.8, 4) is 0 Å². The zero-order valence-electron chi connectivity index (χ0n) is 13.9. The van der Waals surface area contributed by atoms with E-state index in [1.54, 1.807) is 16.9 Å². The molecule has 1 aliphatic heterocycles. The Morgan fingerprint density at radius 3 is 3.04 bits per heavy atom. The van der Waals surface area contributed by atoms with Crippen LogP contribution in [-0.4, -0.2) is 43.2 Å². The largest absolute Gasteiger partial charge is 0.332 e. The molecular weight excluding hydrogens is 340 g/mol. The summed E-state index contributed by atoms with van der Waals surface area (Å²) in [5, 5.41) is 7.81. The number of hydrogen-bond donors (Lipinski definition) is 1. The van der Waals surface area contributed by atoms with E-state index in [4.69, 9.17) is 11.6 Å². The number of rotatable bonds is 3. The number of pyridine rings is 1. The maximum atomic E-state index is 12.4. The van der Waals surface area contributed by atoms with Gasteiger partial charge in [0.15, 0.2) is 0 Å². The third kappa shape index (κ3) is 3.32. The van der Waals surface area contributed by atoms with Crippen molar-refractivity contribution in [2.75, 3.05) is 13.1 Å². The van der Waals surface area contributed by atoms with Crippen LogP contribution in [0.25, 0.3) is 5.65 Å². The Labute approximate surface area is 150 Å². The summed E-state index contributed by atoms with van der Waals surface area (Å²) in [5.41, 5.74) is 2.81. The Balaban J connectivity index is 1.35. The molecule has 4 rings (SSSR count). The minimum absolute atomic E-state index is 0.0542. The van der Waals surface area contributed by atoms with Crippen LogP contribution in [0.15, 0.2) is 36.9 Å². The normalized spacial score (nSPS) is 17.4. The van der Waals surface area contributed by atoms with Crippen LogP contribution in [0.3, 0.4) is 0 Å². The molecule has 0 spiro atoms. The highest BCUT2D eigenvalue weighted by Crippen LogP contribution is 2.26. The summed E-state index contributed by atoms with van der Waals surface area (Å²) in [5.74, 6) is 0.358. The maximum absolute atomic E-state index is 12.4. The Morgan fingerprint density at radius 1 is 1.36 bits per heavy atom. The highest BCUT2D eigenvalue weighted by Gasteiger charge is 2.28. The maximum Gasteiger partial charge on any atom is 0.317 e. The van der Waals surface area contributed by atoms with Crippen molar-refractivity contribution >= 4 is 23.3 Å². The molecule has 8 heteroatoms. The van der Waals surface area contributed by atoms with Crippen molar-refractivity contribution in [1.29, 1.82) is 0 Å². The van der Waals surface area contributed by atoms with Crippen LogP contribution in [0, 0.1) is 0 Å². The molecule has 3 aromatic rings. The zero-order valence-corrected chi connectivity index (χ0v) is 14.6. The van der Waals surface area contributed by atoms with Crippen LogP contribution in [0.2, 0.25) is 5.02 Å². The standard InChI is InChI=1S/C17H19ClN6O/c1-22-8-13(6-20-22)12-4-5-23(9-12)17(25)19-7-15-11-24-10-14(18)2-3-16(24)21-15/h2-3,6,8,10-12H,4-5,7,9H2,1H3,(H,19,25). The van der Waals surface area contributed by atoms with Gasteiger partial charge in [0.1, 0.15) is 5.65 Å². The average Bonchev–Trinajstić information content (AvgIpc) is 3.30. The molecule has 1 atom stereocenters. The van der Waals surface area contributed by atoms with Gasteiger partial charge in [-0.2, -0.15) is 5.10 Å². The summed E-state index contributed by atoms with van der Waals surface area (Å²) in [6, 6.07) is 3.60. The van der Waals surface area contributed by atoms with Crippen LogP contribution in [-0.2, 0) is 13.6 Å². The molecule has 0 aromatic carbocycles. The number of imidazole rings is 1. The summed E-state index contributed by atoms with van der Waals surface area (Å²) in [6.07, 6.45) is 8.55. The van der Waals surface area contributed by atoms with Gasteiger partial charge in [-0.3, -0.25) is 4.68 Å². The molecular formula is C17H19ClN6O. The van der Waals surface area contributed by atoms with Crippen molar-refractivity contribution in [2.45, 2.75) is 18.9 Å². The van der Waals surface area contributed by atoms with Gasteiger partial charge in [-0.05, 0) is 24.1 Å². The van der Waals surface area contributed by atoms with Crippen molar-refractivity contribution in [2.24, 2.45) is 7.05 Å². The van der Waals surface area contributed by atoms with E-state index in [1.165, 1.54) is 5.56 Å². The number of amides is 2. The lowest BCUT2D eigenvalue weighted by Gasteiger charge is -2.16. The van der Waals surface area contributed by atoms with Crippen molar-refractivity contribution in [3.63, 3.8) is 0 Å². The predicted molar refractivity (Wildman–Crippen MR) is 94.6 cm³/mol. The lowest BCUT2D eigenvalue weighted by atomic mass is 10.0. The second kappa shape index (κ2) is 6.40. The van der Waals surface area contributed by atoms with E-state index in [-0.39, 0.29) is 6.03 Å². The first-order valence-corrected chi connectivity index (χ1v) is 8.61. The Kier molecular flexibility index (Phi) is 4.09. The van der Waals surface area contributed by atoms with Gasteiger partial charge >= 0.3 is 6.03 Å². The van der Waals surface area contributed by atoms with E-state index in [0.717, 1.165) is 30.9 Å². The van der Waals surface area contributed by atoms with Gasteiger partial charge in [0.25, 0.3) is 0 Å². The number of aromatic nitrogens is 4. The smallest absolute Gasteiger partial charge is 0.317 e.